The molecule has 0 spiro atoms. The molecule has 0 unspecified atom stereocenters. The fourth-order valence-electron chi connectivity index (χ4n) is 2.37. The molecule has 0 aromatic carbocycles. The molecule has 0 amide bonds. The summed E-state index contributed by atoms with van der Waals surface area (Å²) in [6, 6.07) is 0. The maximum absolute atomic E-state index is 11.8. The van der Waals surface area contributed by atoms with Crippen LogP contribution in [0, 0.1) is 0 Å². The second kappa shape index (κ2) is 14.8. The van der Waals surface area contributed by atoms with Crippen molar-refractivity contribution in [3.8, 4) is 0 Å². The number of carbonyl (C=O) groups is 4. The highest BCUT2D eigenvalue weighted by molar-refractivity contribution is 5.71. The molecule has 1 heterocycles. The van der Waals surface area contributed by atoms with Gasteiger partial charge in [-0.3, -0.25) is 19.2 Å². The van der Waals surface area contributed by atoms with Crippen LogP contribution in [0.2, 0.25) is 0 Å². The van der Waals surface area contributed by atoms with Gasteiger partial charge < -0.3 is 18.9 Å². The zero-order chi connectivity index (χ0) is 22.2. The zero-order valence-electron chi connectivity index (χ0n) is 17.4. The Bertz CT molecular complexity index is 665. The van der Waals surface area contributed by atoms with Crippen molar-refractivity contribution >= 4 is 23.9 Å². The van der Waals surface area contributed by atoms with Gasteiger partial charge in [0.2, 0.25) is 0 Å². The van der Waals surface area contributed by atoms with E-state index in [4.69, 9.17) is 18.9 Å². The summed E-state index contributed by atoms with van der Waals surface area (Å²) in [5.41, 5.74) is 0. The quantitative estimate of drug-likeness (QED) is 0.494. The number of hydrogen-bond acceptors (Lipinski definition) is 8. The Balaban J connectivity index is 2.78. The molecule has 0 N–H and O–H groups in total. The highest BCUT2D eigenvalue weighted by Gasteiger charge is 2.06. The van der Waals surface area contributed by atoms with E-state index >= 15 is 0 Å². The molecule has 1 aliphatic heterocycles. The third-order valence-corrected chi connectivity index (χ3v) is 3.62. The van der Waals surface area contributed by atoms with Crippen molar-refractivity contribution in [2.45, 2.75) is 52.4 Å². The molecule has 0 atom stereocenters. The van der Waals surface area contributed by atoms with Gasteiger partial charge in [0.25, 0.3) is 0 Å². The Hall–Kier alpha value is -3.16. The minimum atomic E-state index is -0.452. The van der Waals surface area contributed by atoms with Crippen LogP contribution in [0.25, 0.3) is 0 Å². The van der Waals surface area contributed by atoms with Gasteiger partial charge in [0, 0.05) is 26.7 Å². The average molecular weight is 420 g/mol. The first-order valence-electron chi connectivity index (χ1n) is 9.76. The monoisotopic (exact) mass is 420 g/mol. The van der Waals surface area contributed by atoms with Gasteiger partial charge in [-0.1, -0.05) is 24.3 Å². The molecule has 0 saturated carbocycles. The predicted molar refractivity (Wildman–Crippen MR) is 108 cm³/mol. The van der Waals surface area contributed by atoms with Crippen molar-refractivity contribution in [3.63, 3.8) is 0 Å². The molecule has 30 heavy (non-hydrogen) atoms. The second-order valence-corrected chi connectivity index (χ2v) is 6.37. The Morgan fingerprint density at radius 3 is 1.53 bits per heavy atom. The third kappa shape index (κ3) is 13.1. The topological polar surface area (TPSA) is 105 Å². The van der Waals surface area contributed by atoms with E-state index in [0.717, 1.165) is 0 Å². The van der Waals surface area contributed by atoms with Crippen molar-refractivity contribution in [3.05, 3.63) is 48.0 Å². The summed E-state index contributed by atoms with van der Waals surface area (Å²) in [5.74, 6) is -0.860. The molecular weight excluding hydrogens is 392 g/mol. The van der Waals surface area contributed by atoms with Gasteiger partial charge in [-0.2, -0.15) is 0 Å². The van der Waals surface area contributed by atoms with E-state index in [-0.39, 0.29) is 26.1 Å². The summed E-state index contributed by atoms with van der Waals surface area (Å²) in [6.45, 7) is 2.95. The first kappa shape index (κ1) is 24.9. The van der Waals surface area contributed by atoms with Crippen LogP contribution < -0.4 is 0 Å². The number of cyclic esters (lactones) is 2. The molecule has 0 aromatic heterocycles. The Kier molecular flexibility index (Phi) is 12.3. The smallest absolute Gasteiger partial charge is 0.309 e. The molecule has 1 rings (SSSR count). The van der Waals surface area contributed by atoms with Gasteiger partial charge >= 0.3 is 23.9 Å². The second-order valence-electron chi connectivity index (χ2n) is 6.37. The molecule has 0 aromatic rings. The fraction of sp³-hybridized carbons (Fsp3) is 0.455. The van der Waals surface area contributed by atoms with E-state index in [0.29, 0.717) is 37.2 Å². The van der Waals surface area contributed by atoms with Crippen LogP contribution in [-0.2, 0) is 38.1 Å². The van der Waals surface area contributed by atoms with Crippen LogP contribution in [0.15, 0.2) is 48.0 Å². The summed E-state index contributed by atoms with van der Waals surface area (Å²) in [6.07, 6.45) is 11.5. The lowest BCUT2D eigenvalue weighted by Gasteiger charge is -2.08. The van der Waals surface area contributed by atoms with Crippen LogP contribution in [0.4, 0.5) is 0 Å². The van der Waals surface area contributed by atoms with Gasteiger partial charge in [-0.25, -0.2) is 0 Å². The number of carbonyl (C=O) groups excluding carboxylic acids is 4. The summed E-state index contributed by atoms with van der Waals surface area (Å²) in [5, 5.41) is 0. The highest BCUT2D eigenvalue weighted by atomic mass is 16.5. The summed E-state index contributed by atoms with van der Waals surface area (Å²) >= 11 is 0. The lowest BCUT2D eigenvalue weighted by atomic mass is 10.2. The van der Waals surface area contributed by atoms with E-state index in [2.05, 4.69) is 0 Å². The van der Waals surface area contributed by atoms with Crippen molar-refractivity contribution in [2.75, 3.05) is 13.2 Å². The number of ether oxygens (including phenoxy) is 4. The summed E-state index contributed by atoms with van der Waals surface area (Å²) < 4.78 is 20.5. The minimum Gasteiger partial charge on any atom is -0.465 e. The molecule has 0 aliphatic carbocycles. The minimum absolute atomic E-state index is 0.0663. The highest BCUT2D eigenvalue weighted by Crippen LogP contribution is 2.11. The first-order chi connectivity index (χ1) is 14.4. The summed E-state index contributed by atoms with van der Waals surface area (Å²) in [7, 11) is 0. The maximum Gasteiger partial charge on any atom is 0.309 e. The van der Waals surface area contributed by atoms with Crippen molar-refractivity contribution in [2.24, 2.45) is 0 Å². The van der Waals surface area contributed by atoms with Crippen LogP contribution in [-0.4, -0.2) is 37.1 Å². The van der Waals surface area contributed by atoms with Gasteiger partial charge in [-0.15, -0.1) is 0 Å². The SMILES string of the molecule is CC(=O)O/C1=C/C=C\CC(=O)OCCC/C(OC(C)=O)=C\C=C/CC(=O)OCCC1. The van der Waals surface area contributed by atoms with Gasteiger partial charge in [0.05, 0.1) is 26.1 Å². The number of rotatable bonds is 2. The molecule has 164 valence electrons. The van der Waals surface area contributed by atoms with Gasteiger partial charge in [-0.05, 0) is 25.0 Å². The fourth-order valence-corrected chi connectivity index (χ4v) is 2.37. The Morgan fingerprint density at radius 2 is 1.17 bits per heavy atom. The van der Waals surface area contributed by atoms with Gasteiger partial charge in [0.1, 0.15) is 11.5 Å². The van der Waals surface area contributed by atoms with Gasteiger partial charge in [0.15, 0.2) is 0 Å². The van der Waals surface area contributed by atoms with Crippen molar-refractivity contribution in [1.29, 1.82) is 0 Å². The van der Waals surface area contributed by atoms with E-state index in [1.165, 1.54) is 13.8 Å². The van der Waals surface area contributed by atoms with Crippen molar-refractivity contribution < 1.29 is 38.1 Å². The summed E-state index contributed by atoms with van der Waals surface area (Å²) in [4.78, 5) is 45.9. The molecule has 8 heteroatoms. The van der Waals surface area contributed by atoms with Crippen LogP contribution >= 0.6 is 0 Å². The van der Waals surface area contributed by atoms with Crippen LogP contribution in [0.1, 0.15) is 52.4 Å². The Morgan fingerprint density at radius 1 is 0.767 bits per heavy atom. The normalized spacial score (nSPS) is 23.3. The predicted octanol–water partition coefficient (Wildman–Crippen LogP) is 3.43. The lowest BCUT2D eigenvalue weighted by Crippen LogP contribution is -2.06. The average Bonchev–Trinajstić information content (AvgIpc) is 2.67. The van der Waals surface area contributed by atoms with E-state index in [9.17, 15) is 19.2 Å². The Labute approximate surface area is 176 Å². The number of esters is 4. The lowest BCUT2D eigenvalue weighted by molar-refractivity contribution is -0.143. The van der Waals surface area contributed by atoms with E-state index < -0.39 is 23.9 Å². The molecule has 8 nitrogen and oxygen atoms in total. The number of hydrogen-bond donors (Lipinski definition) is 0. The zero-order valence-corrected chi connectivity index (χ0v) is 17.4. The third-order valence-electron chi connectivity index (χ3n) is 3.62. The standard InChI is InChI=1S/C22H28O8/c1-17(23)29-19-9-3-5-13-21(25)28-16-8-12-20(30-18(2)24)10-4-6-14-22(26)27-15-7-11-19/h3-6,9-10H,7-8,11-16H2,1-2H3/b5-3-,6-4-,19-9+,20-10+. The molecule has 0 bridgehead atoms. The van der Waals surface area contributed by atoms with Crippen molar-refractivity contribution in [1.82, 2.24) is 0 Å². The first-order valence-corrected chi connectivity index (χ1v) is 9.76. The van der Waals surface area contributed by atoms with E-state index in [1.54, 1.807) is 36.5 Å². The maximum atomic E-state index is 11.8. The van der Waals surface area contributed by atoms with Crippen LogP contribution in [0.5, 0.6) is 0 Å². The molecule has 0 saturated heterocycles. The number of allylic oxidation sites excluding steroid dienone is 6. The molecule has 0 fully saturated rings. The van der Waals surface area contributed by atoms with Crippen LogP contribution in [0.3, 0.4) is 0 Å². The van der Waals surface area contributed by atoms with E-state index in [1.807, 2.05) is 0 Å². The molecule has 0 radical (unpaired) electrons. The molecule has 1 aliphatic rings. The molecular formula is C22H28O8. The largest absolute Gasteiger partial charge is 0.465 e.